The number of hydrogen-bond acceptors (Lipinski definition) is 2. The van der Waals surface area contributed by atoms with Crippen LogP contribution < -0.4 is 5.73 Å². The van der Waals surface area contributed by atoms with E-state index in [0.717, 1.165) is 18.5 Å². The van der Waals surface area contributed by atoms with Gasteiger partial charge in [0.15, 0.2) is 0 Å². The summed E-state index contributed by atoms with van der Waals surface area (Å²) < 4.78 is 0. The molecule has 0 aromatic heterocycles. The van der Waals surface area contributed by atoms with Crippen molar-refractivity contribution in [3.63, 3.8) is 0 Å². The summed E-state index contributed by atoms with van der Waals surface area (Å²) in [4.78, 5) is 2.78. The van der Waals surface area contributed by atoms with Crippen molar-refractivity contribution < 1.29 is 0 Å². The Labute approximate surface area is 107 Å². The molecule has 100 valence electrons. The molecule has 2 fully saturated rings. The highest BCUT2D eigenvalue weighted by Crippen LogP contribution is 2.51. The van der Waals surface area contributed by atoms with Crippen molar-refractivity contribution in [1.82, 2.24) is 4.90 Å². The Hall–Kier alpha value is -0.0800. The predicted octanol–water partition coefficient (Wildman–Crippen LogP) is 3.01. The minimum Gasteiger partial charge on any atom is -0.329 e. The molecule has 2 heteroatoms. The molecule has 1 aliphatic carbocycles. The normalized spacial score (nSPS) is 42.2. The highest BCUT2D eigenvalue weighted by Gasteiger charge is 2.53. The van der Waals surface area contributed by atoms with Crippen LogP contribution in [0.3, 0.4) is 0 Å². The van der Waals surface area contributed by atoms with E-state index in [4.69, 9.17) is 5.73 Å². The fourth-order valence-corrected chi connectivity index (χ4v) is 4.72. The van der Waals surface area contributed by atoms with Gasteiger partial charge in [-0.25, -0.2) is 0 Å². The van der Waals surface area contributed by atoms with Crippen molar-refractivity contribution in [2.24, 2.45) is 17.1 Å². The van der Waals surface area contributed by atoms with Gasteiger partial charge in [0.2, 0.25) is 0 Å². The lowest BCUT2D eigenvalue weighted by molar-refractivity contribution is 0.0454. The maximum Gasteiger partial charge on any atom is 0.0365 e. The molecule has 1 aliphatic heterocycles. The summed E-state index contributed by atoms with van der Waals surface area (Å²) in [7, 11) is 0. The second-order valence-electron chi connectivity index (χ2n) is 7.15. The van der Waals surface area contributed by atoms with Gasteiger partial charge in [-0.3, -0.25) is 4.90 Å². The molecule has 0 bridgehead atoms. The maximum absolute atomic E-state index is 6.24. The lowest BCUT2D eigenvalue weighted by Gasteiger charge is -2.45. The van der Waals surface area contributed by atoms with E-state index in [9.17, 15) is 0 Å². The van der Waals surface area contributed by atoms with E-state index in [2.05, 4.69) is 32.6 Å². The number of nitrogens with two attached hydrogens (primary N) is 1. The van der Waals surface area contributed by atoms with E-state index in [1.165, 1.54) is 38.6 Å². The Morgan fingerprint density at radius 3 is 2.53 bits per heavy atom. The van der Waals surface area contributed by atoms with E-state index in [-0.39, 0.29) is 0 Å². The van der Waals surface area contributed by atoms with Gasteiger partial charge in [0, 0.05) is 18.1 Å². The van der Waals surface area contributed by atoms with Gasteiger partial charge in [0.1, 0.15) is 0 Å². The summed E-state index contributed by atoms with van der Waals surface area (Å²) in [5.74, 6) is 0.745. The molecule has 2 rings (SSSR count). The Kier molecular flexibility index (Phi) is 3.57. The van der Waals surface area contributed by atoms with E-state index in [1.54, 1.807) is 0 Å². The summed E-state index contributed by atoms with van der Waals surface area (Å²) in [5, 5.41) is 0. The summed E-state index contributed by atoms with van der Waals surface area (Å²) in [5.41, 5.74) is 7.00. The smallest absolute Gasteiger partial charge is 0.0365 e. The first-order valence-electron chi connectivity index (χ1n) is 7.42. The zero-order valence-electron chi connectivity index (χ0n) is 12.1. The van der Waals surface area contributed by atoms with Crippen LogP contribution in [0.25, 0.3) is 0 Å². The van der Waals surface area contributed by atoms with Gasteiger partial charge in [-0.1, -0.05) is 27.7 Å². The van der Waals surface area contributed by atoms with Crippen molar-refractivity contribution in [3.8, 4) is 0 Å². The Balaban J connectivity index is 2.25. The summed E-state index contributed by atoms with van der Waals surface area (Å²) >= 11 is 0. The largest absolute Gasteiger partial charge is 0.329 e. The molecule has 0 spiro atoms. The van der Waals surface area contributed by atoms with E-state index < -0.39 is 0 Å². The maximum atomic E-state index is 6.24. The van der Waals surface area contributed by atoms with Crippen molar-refractivity contribution in [2.75, 3.05) is 13.1 Å². The Bertz CT molecular complexity index is 274. The zero-order valence-corrected chi connectivity index (χ0v) is 12.1. The summed E-state index contributed by atoms with van der Waals surface area (Å²) in [6, 6.07) is 0.787. The third-order valence-electron chi connectivity index (χ3n) is 5.33. The minimum atomic E-state index is 0.292. The predicted molar refractivity (Wildman–Crippen MR) is 74.0 cm³/mol. The molecule has 0 aromatic carbocycles. The molecule has 2 aliphatic rings. The van der Waals surface area contributed by atoms with E-state index >= 15 is 0 Å². The van der Waals surface area contributed by atoms with Gasteiger partial charge in [-0.05, 0) is 50.0 Å². The molecule has 0 amide bonds. The Morgan fingerprint density at radius 2 is 2.06 bits per heavy atom. The van der Waals surface area contributed by atoms with Crippen molar-refractivity contribution in [2.45, 2.75) is 71.4 Å². The third kappa shape index (κ3) is 2.15. The minimum absolute atomic E-state index is 0.292. The number of rotatable bonds is 3. The van der Waals surface area contributed by atoms with Crippen molar-refractivity contribution >= 4 is 0 Å². The number of nitrogens with zero attached hydrogens (tertiary/aromatic N) is 1. The van der Waals surface area contributed by atoms with Gasteiger partial charge in [-0.2, -0.15) is 0 Å². The molecule has 2 N–H and O–H groups in total. The van der Waals surface area contributed by atoms with Gasteiger partial charge < -0.3 is 5.73 Å². The van der Waals surface area contributed by atoms with Crippen LogP contribution in [-0.2, 0) is 0 Å². The zero-order chi connectivity index (χ0) is 12.7. The monoisotopic (exact) mass is 238 g/mol. The van der Waals surface area contributed by atoms with Crippen LogP contribution in [0.2, 0.25) is 0 Å². The van der Waals surface area contributed by atoms with Crippen LogP contribution in [0.15, 0.2) is 0 Å². The topological polar surface area (TPSA) is 29.3 Å². The molecule has 3 unspecified atom stereocenters. The molecule has 3 atom stereocenters. The van der Waals surface area contributed by atoms with Crippen LogP contribution in [0.1, 0.15) is 59.8 Å². The highest BCUT2D eigenvalue weighted by molar-refractivity contribution is 5.08. The van der Waals surface area contributed by atoms with Gasteiger partial charge >= 0.3 is 0 Å². The number of likely N-dealkylation sites (tertiary alicyclic amines) is 1. The van der Waals surface area contributed by atoms with Crippen molar-refractivity contribution in [3.05, 3.63) is 0 Å². The fraction of sp³-hybridized carbons (Fsp3) is 1.00. The molecular weight excluding hydrogens is 208 g/mol. The Morgan fingerprint density at radius 1 is 1.35 bits per heavy atom. The van der Waals surface area contributed by atoms with E-state index in [0.29, 0.717) is 11.0 Å². The SMILES string of the molecule is CCC1CCCN1C1(CN)CC(C)(C)CC1C. The van der Waals surface area contributed by atoms with Gasteiger partial charge in [0.05, 0.1) is 0 Å². The standard InChI is InChI=1S/C15H30N2/c1-5-13-7-6-8-17(13)15(11-16)10-14(3,4)9-12(15)2/h12-13H,5-11,16H2,1-4H3. The fourth-order valence-electron chi connectivity index (χ4n) is 4.72. The summed E-state index contributed by atoms with van der Waals surface area (Å²) in [6.45, 7) is 11.7. The molecule has 1 saturated carbocycles. The molecular formula is C15H30N2. The lowest BCUT2D eigenvalue weighted by Crippen LogP contribution is -2.57. The first kappa shape index (κ1) is 13.4. The van der Waals surface area contributed by atoms with Crippen molar-refractivity contribution in [1.29, 1.82) is 0 Å². The van der Waals surface area contributed by atoms with E-state index in [1.807, 2.05) is 0 Å². The second kappa shape index (κ2) is 4.55. The second-order valence-corrected chi connectivity index (χ2v) is 7.15. The summed E-state index contributed by atoms with van der Waals surface area (Å²) in [6.07, 6.45) is 6.65. The third-order valence-corrected chi connectivity index (χ3v) is 5.33. The average molecular weight is 238 g/mol. The molecule has 0 radical (unpaired) electrons. The van der Waals surface area contributed by atoms with Crippen LogP contribution in [-0.4, -0.2) is 29.6 Å². The average Bonchev–Trinajstić information content (AvgIpc) is 2.80. The van der Waals surface area contributed by atoms with Crippen LogP contribution in [0.4, 0.5) is 0 Å². The molecule has 1 saturated heterocycles. The van der Waals surface area contributed by atoms with Crippen LogP contribution in [0, 0.1) is 11.3 Å². The first-order chi connectivity index (χ1) is 7.95. The molecule has 1 heterocycles. The van der Waals surface area contributed by atoms with Gasteiger partial charge in [-0.15, -0.1) is 0 Å². The first-order valence-corrected chi connectivity index (χ1v) is 7.42. The van der Waals surface area contributed by atoms with Crippen LogP contribution in [0.5, 0.6) is 0 Å². The van der Waals surface area contributed by atoms with Gasteiger partial charge in [0.25, 0.3) is 0 Å². The quantitative estimate of drug-likeness (QED) is 0.819. The number of hydrogen-bond donors (Lipinski definition) is 1. The lowest BCUT2D eigenvalue weighted by atomic mass is 9.84. The molecule has 2 nitrogen and oxygen atoms in total. The molecule has 0 aromatic rings. The molecule has 17 heavy (non-hydrogen) atoms. The highest BCUT2D eigenvalue weighted by atomic mass is 15.3. The van der Waals surface area contributed by atoms with Crippen LogP contribution >= 0.6 is 0 Å².